The average molecular weight is 297 g/mol. The molecular formula is C18H19NO3. The second-order valence-corrected chi connectivity index (χ2v) is 4.71. The first kappa shape index (κ1) is 17.2. The van der Waals surface area contributed by atoms with E-state index in [1.807, 2.05) is 6.92 Å². The number of aliphatic carboxylic acids is 1. The summed E-state index contributed by atoms with van der Waals surface area (Å²) in [7, 11) is 0. The molecule has 0 radical (unpaired) electrons. The maximum Gasteiger partial charge on any atom is 0.328 e. The van der Waals surface area contributed by atoms with Gasteiger partial charge in [0, 0.05) is 17.3 Å². The summed E-state index contributed by atoms with van der Waals surface area (Å²) in [5.74, 6) is -1.26. The molecule has 0 aromatic heterocycles. The van der Waals surface area contributed by atoms with Crippen LogP contribution in [0.4, 0.5) is 5.69 Å². The molecular weight excluding hydrogens is 278 g/mol. The van der Waals surface area contributed by atoms with E-state index in [0.29, 0.717) is 16.8 Å². The smallest absolute Gasteiger partial charge is 0.328 e. The van der Waals surface area contributed by atoms with Crippen molar-refractivity contribution in [2.75, 3.05) is 5.32 Å². The van der Waals surface area contributed by atoms with Gasteiger partial charge in [0.05, 0.1) is 0 Å². The highest BCUT2D eigenvalue weighted by Crippen LogP contribution is 2.22. The standard InChI is InChI=1S/C18H19NO3/c1-5-7-14(6-2)18(22)19-15-8-9-16(12(3)10-15)13(4)11-17(20)21/h5-11H,1-2H2,3-4H3,(H,19,22)(H,20,21)/b13-11-,14-7+. The number of carbonyl (C=O) groups is 2. The van der Waals surface area contributed by atoms with Crippen LogP contribution >= 0.6 is 0 Å². The molecule has 0 spiro atoms. The fourth-order valence-corrected chi connectivity index (χ4v) is 2.01. The van der Waals surface area contributed by atoms with Crippen molar-refractivity contribution in [2.24, 2.45) is 0 Å². The average Bonchev–Trinajstić information content (AvgIpc) is 2.43. The van der Waals surface area contributed by atoms with Crippen molar-refractivity contribution in [2.45, 2.75) is 13.8 Å². The fourth-order valence-electron chi connectivity index (χ4n) is 2.01. The third-order valence-corrected chi connectivity index (χ3v) is 3.03. The summed E-state index contributed by atoms with van der Waals surface area (Å²) in [6, 6.07) is 5.31. The minimum atomic E-state index is -0.987. The van der Waals surface area contributed by atoms with Crippen LogP contribution in [0.1, 0.15) is 18.1 Å². The van der Waals surface area contributed by atoms with Crippen LogP contribution in [0.2, 0.25) is 0 Å². The number of carboxylic acids is 1. The Morgan fingerprint density at radius 3 is 2.45 bits per heavy atom. The number of aryl methyl sites for hydroxylation is 1. The molecule has 1 rings (SSSR count). The number of anilines is 1. The van der Waals surface area contributed by atoms with Gasteiger partial charge in [-0.2, -0.15) is 0 Å². The number of amides is 1. The quantitative estimate of drug-likeness (QED) is 0.621. The normalized spacial score (nSPS) is 11.7. The lowest BCUT2D eigenvalue weighted by molar-refractivity contribution is -0.131. The summed E-state index contributed by atoms with van der Waals surface area (Å²) >= 11 is 0. The Balaban J connectivity index is 3.02. The second kappa shape index (κ2) is 7.78. The molecule has 2 N–H and O–H groups in total. The number of carbonyl (C=O) groups excluding carboxylic acids is 1. The first-order valence-electron chi connectivity index (χ1n) is 6.67. The van der Waals surface area contributed by atoms with Crippen LogP contribution in [-0.4, -0.2) is 17.0 Å². The number of hydrogen-bond donors (Lipinski definition) is 2. The number of carboxylic acid groups (broad SMARTS) is 1. The molecule has 0 aliphatic rings. The molecule has 4 heteroatoms. The molecule has 0 saturated carbocycles. The van der Waals surface area contributed by atoms with Gasteiger partial charge in [-0.25, -0.2) is 4.79 Å². The van der Waals surface area contributed by atoms with E-state index in [0.717, 1.165) is 17.2 Å². The van der Waals surface area contributed by atoms with E-state index in [4.69, 9.17) is 5.11 Å². The zero-order chi connectivity index (χ0) is 16.7. The molecule has 22 heavy (non-hydrogen) atoms. The Morgan fingerprint density at radius 2 is 1.95 bits per heavy atom. The van der Waals surface area contributed by atoms with Crippen LogP contribution in [0, 0.1) is 6.92 Å². The van der Waals surface area contributed by atoms with Gasteiger partial charge in [-0.3, -0.25) is 4.79 Å². The van der Waals surface area contributed by atoms with Crippen molar-refractivity contribution in [1.82, 2.24) is 0 Å². The number of rotatable bonds is 6. The monoisotopic (exact) mass is 297 g/mol. The Hall–Kier alpha value is -2.88. The predicted octanol–water partition coefficient (Wildman–Crippen LogP) is 3.72. The summed E-state index contributed by atoms with van der Waals surface area (Å²) < 4.78 is 0. The molecule has 0 fully saturated rings. The van der Waals surface area contributed by atoms with Gasteiger partial charge in [-0.15, -0.1) is 0 Å². The van der Waals surface area contributed by atoms with Crippen LogP contribution < -0.4 is 5.32 Å². The zero-order valence-electron chi connectivity index (χ0n) is 12.7. The summed E-state index contributed by atoms with van der Waals surface area (Å²) in [5, 5.41) is 11.6. The third kappa shape index (κ3) is 4.59. The maximum atomic E-state index is 12.0. The first-order chi connectivity index (χ1) is 10.4. The Labute approximate surface area is 130 Å². The van der Waals surface area contributed by atoms with Crippen molar-refractivity contribution >= 4 is 23.1 Å². The summed E-state index contributed by atoms with van der Waals surface area (Å²) in [6.45, 7) is 10.7. The van der Waals surface area contributed by atoms with E-state index < -0.39 is 5.97 Å². The molecule has 0 atom stereocenters. The Morgan fingerprint density at radius 1 is 1.27 bits per heavy atom. The van der Waals surface area contributed by atoms with Crippen molar-refractivity contribution in [3.05, 3.63) is 72.4 Å². The van der Waals surface area contributed by atoms with E-state index in [9.17, 15) is 9.59 Å². The van der Waals surface area contributed by atoms with E-state index in [1.165, 1.54) is 12.2 Å². The number of benzene rings is 1. The summed E-state index contributed by atoms with van der Waals surface area (Å²) in [4.78, 5) is 22.7. The lowest BCUT2D eigenvalue weighted by Crippen LogP contribution is -2.13. The second-order valence-electron chi connectivity index (χ2n) is 4.71. The van der Waals surface area contributed by atoms with Crippen LogP contribution in [0.15, 0.2) is 61.2 Å². The van der Waals surface area contributed by atoms with Crippen LogP contribution in [0.25, 0.3) is 5.57 Å². The third-order valence-electron chi connectivity index (χ3n) is 3.03. The van der Waals surface area contributed by atoms with Gasteiger partial charge in [0.15, 0.2) is 0 Å². The van der Waals surface area contributed by atoms with Gasteiger partial charge < -0.3 is 10.4 Å². The fraction of sp³-hybridized carbons (Fsp3) is 0.111. The highest BCUT2D eigenvalue weighted by Gasteiger charge is 2.08. The van der Waals surface area contributed by atoms with E-state index in [-0.39, 0.29) is 5.91 Å². The number of allylic oxidation sites excluding steroid dienone is 3. The van der Waals surface area contributed by atoms with Gasteiger partial charge in [-0.05, 0) is 42.7 Å². The van der Waals surface area contributed by atoms with Crippen LogP contribution in [-0.2, 0) is 9.59 Å². The first-order valence-corrected chi connectivity index (χ1v) is 6.67. The minimum Gasteiger partial charge on any atom is -0.478 e. The molecule has 114 valence electrons. The molecule has 1 aromatic rings. The van der Waals surface area contributed by atoms with Crippen molar-refractivity contribution in [3.63, 3.8) is 0 Å². The molecule has 0 aliphatic heterocycles. The van der Waals surface area contributed by atoms with Gasteiger partial charge in [-0.1, -0.05) is 37.5 Å². The topological polar surface area (TPSA) is 66.4 Å². The predicted molar refractivity (Wildman–Crippen MR) is 89.6 cm³/mol. The number of nitrogens with one attached hydrogen (secondary N) is 1. The van der Waals surface area contributed by atoms with E-state index >= 15 is 0 Å². The molecule has 0 saturated heterocycles. The number of hydrogen-bond acceptors (Lipinski definition) is 2. The van der Waals surface area contributed by atoms with Crippen molar-refractivity contribution < 1.29 is 14.7 Å². The van der Waals surface area contributed by atoms with Gasteiger partial charge >= 0.3 is 5.97 Å². The van der Waals surface area contributed by atoms with E-state index in [2.05, 4.69) is 18.5 Å². The van der Waals surface area contributed by atoms with Gasteiger partial charge in [0.2, 0.25) is 0 Å². The van der Waals surface area contributed by atoms with Gasteiger partial charge in [0.1, 0.15) is 0 Å². The zero-order valence-corrected chi connectivity index (χ0v) is 12.7. The minimum absolute atomic E-state index is 0.278. The summed E-state index contributed by atoms with van der Waals surface area (Å²) in [5.41, 5.74) is 3.40. The molecule has 0 bridgehead atoms. The van der Waals surface area contributed by atoms with E-state index in [1.54, 1.807) is 31.2 Å². The molecule has 1 amide bonds. The Bertz CT molecular complexity index is 682. The molecule has 1 aromatic carbocycles. The van der Waals surface area contributed by atoms with Crippen molar-refractivity contribution in [1.29, 1.82) is 0 Å². The molecule has 0 aliphatic carbocycles. The summed E-state index contributed by atoms with van der Waals surface area (Å²) in [6.07, 6.45) is 5.70. The van der Waals surface area contributed by atoms with Gasteiger partial charge in [0.25, 0.3) is 5.91 Å². The highest BCUT2D eigenvalue weighted by molar-refractivity contribution is 6.06. The lowest BCUT2D eigenvalue weighted by Gasteiger charge is -2.10. The molecule has 4 nitrogen and oxygen atoms in total. The maximum absolute atomic E-state index is 12.0. The Kier molecular flexibility index (Phi) is 6.08. The van der Waals surface area contributed by atoms with Crippen molar-refractivity contribution in [3.8, 4) is 0 Å². The largest absolute Gasteiger partial charge is 0.478 e. The molecule has 0 unspecified atom stereocenters. The molecule has 0 heterocycles. The van der Waals surface area contributed by atoms with Crippen LogP contribution in [0.3, 0.4) is 0 Å². The lowest BCUT2D eigenvalue weighted by atomic mass is 10.0. The SMILES string of the molecule is C=C/C=C(\C=C)C(=O)Nc1ccc(/C(C)=C\C(=O)O)c(C)c1. The highest BCUT2D eigenvalue weighted by atomic mass is 16.4. The van der Waals surface area contributed by atoms with Crippen LogP contribution in [0.5, 0.6) is 0 Å².